The number of nitrogens with zero attached hydrogens (tertiary/aromatic N) is 4. The zero-order valence-corrected chi connectivity index (χ0v) is 17.2. The van der Waals surface area contributed by atoms with Gasteiger partial charge >= 0.3 is 0 Å². The molecular formula is C24H22N4O3. The molecule has 0 spiro atoms. The maximum absolute atomic E-state index is 13.1. The van der Waals surface area contributed by atoms with Crippen LogP contribution >= 0.6 is 0 Å². The van der Waals surface area contributed by atoms with Crippen molar-refractivity contribution >= 4 is 16.8 Å². The first kappa shape index (κ1) is 19.2. The normalized spacial score (nSPS) is 13.4. The molecule has 1 amide bonds. The molecule has 0 N–H and O–H groups in total. The van der Waals surface area contributed by atoms with E-state index in [-0.39, 0.29) is 11.5 Å². The number of rotatable bonds is 4. The summed E-state index contributed by atoms with van der Waals surface area (Å²) in [5, 5.41) is 0.502. The highest BCUT2D eigenvalue weighted by atomic mass is 16.4. The Kier molecular flexibility index (Phi) is 4.86. The van der Waals surface area contributed by atoms with Gasteiger partial charge in [-0.25, -0.2) is 9.97 Å². The first-order chi connectivity index (χ1) is 15.1. The fraction of sp³-hybridized carbons (Fsp3) is 0.250. The van der Waals surface area contributed by atoms with Gasteiger partial charge in [0.25, 0.3) is 11.5 Å². The monoisotopic (exact) mass is 414 g/mol. The van der Waals surface area contributed by atoms with E-state index in [4.69, 9.17) is 4.42 Å². The Morgan fingerprint density at radius 2 is 1.97 bits per heavy atom. The Morgan fingerprint density at radius 1 is 1.13 bits per heavy atom. The lowest BCUT2D eigenvalue weighted by atomic mass is 10.1. The topological polar surface area (TPSA) is 81.2 Å². The van der Waals surface area contributed by atoms with E-state index in [1.165, 1.54) is 16.5 Å². The molecule has 0 radical (unpaired) electrons. The molecule has 1 aliphatic heterocycles. The van der Waals surface area contributed by atoms with Crippen LogP contribution < -0.4 is 5.56 Å². The highest BCUT2D eigenvalue weighted by Crippen LogP contribution is 2.23. The highest BCUT2D eigenvalue weighted by Gasteiger charge is 2.26. The molecule has 7 nitrogen and oxygen atoms in total. The minimum atomic E-state index is -0.128. The molecule has 0 atom stereocenters. The molecule has 156 valence electrons. The summed E-state index contributed by atoms with van der Waals surface area (Å²) in [6, 6.07) is 15.3. The molecule has 4 aromatic rings. The van der Waals surface area contributed by atoms with Crippen molar-refractivity contribution in [3.63, 3.8) is 0 Å². The Bertz CT molecular complexity index is 1320. The van der Waals surface area contributed by atoms with Crippen LogP contribution in [0.15, 0.2) is 64.1 Å². The van der Waals surface area contributed by atoms with Crippen molar-refractivity contribution in [2.24, 2.45) is 7.05 Å². The maximum Gasteiger partial charge on any atom is 0.260 e. The van der Waals surface area contributed by atoms with E-state index in [2.05, 4.69) is 22.1 Å². The van der Waals surface area contributed by atoms with Crippen LogP contribution in [0.2, 0.25) is 0 Å². The van der Waals surface area contributed by atoms with Gasteiger partial charge in [-0.15, -0.1) is 0 Å². The smallest absolute Gasteiger partial charge is 0.260 e. The van der Waals surface area contributed by atoms with Gasteiger partial charge in [0.1, 0.15) is 11.5 Å². The predicted octanol–water partition coefficient (Wildman–Crippen LogP) is 2.91. The third-order valence-corrected chi connectivity index (χ3v) is 5.69. The molecular weight excluding hydrogens is 392 g/mol. The van der Waals surface area contributed by atoms with Gasteiger partial charge < -0.3 is 13.9 Å². The van der Waals surface area contributed by atoms with Crippen LogP contribution in [0.4, 0.5) is 0 Å². The summed E-state index contributed by atoms with van der Waals surface area (Å²) >= 11 is 0. The summed E-state index contributed by atoms with van der Waals surface area (Å²) in [6.07, 6.45) is 3.72. The molecule has 1 aliphatic rings. The Balaban J connectivity index is 1.31. The van der Waals surface area contributed by atoms with Gasteiger partial charge in [0.05, 0.1) is 23.8 Å². The summed E-state index contributed by atoms with van der Waals surface area (Å²) in [4.78, 5) is 36.0. The highest BCUT2D eigenvalue weighted by molar-refractivity contribution is 5.97. The number of benzene rings is 2. The van der Waals surface area contributed by atoms with Crippen LogP contribution in [0.5, 0.6) is 0 Å². The molecule has 5 rings (SSSR count). The van der Waals surface area contributed by atoms with E-state index in [0.717, 1.165) is 24.3 Å². The SMILES string of the molecule is Cn1cnc2cc(C(=O)N3CCc4oc(CCc5ccccc5)nc4C3)ccc2c1=O. The number of amides is 1. The zero-order chi connectivity index (χ0) is 21.4. The molecule has 0 fully saturated rings. The standard InChI is InChI=1S/C24H22N4O3/c1-27-15-25-19-13-17(8-9-18(19)24(27)30)23(29)28-12-11-21-20(14-28)26-22(31-21)10-7-16-5-3-2-4-6-16/h2-6,8-9,13,15H,7,10-12,14H2,1H3. The van der Waals surface area contributed by atoms with Crippen LogP contribution in [-0.2, 0) is 32.9 Å². The molecule has 31 heavy (non-hydrogen) atoms. The summed E-state index contributed by atoms with van der Waals surface area (Å²) in [6.45, 7) is 0.992. The van der Waals surface area contributed by atoms with Crippen LogP contribution in [0.25, 0.3) is 10.9 Å². The third kappa shape index (κ3) is 3.74. The molecule has 0 saturated heterocycles. The van der Waals surface area contributed by atoms with Crippen molar-refractivity contribution in [1.29, 1.82) is 0 Å². The van der Waals surface area contributed by atoms with Gasteiger partial charge in [-0.2, -0.15) is 0 Å². The van der Waals surface area contributed by atoms with E-state index in [0.29, 0.717) is 41.9 Å². The number of aromatic nitrogens is 3. The molecule has 0 saturated carbocycles. The average molecular weight is 414 g/mol. The Hall–Kier alpha value is -3.74. The van der Waals surface area contributed by atoms with E-state index in [1.54, 1.807) is 30.1 Å². The van der Waals surface area contributed by atoms with Crippen LogP contribution in [0, 0.1) is 0 Å². The minimum absolute atomic E-state index is 0.0936. The number of oxazole rings is 1. The molecule has 2 aromatic heterocycles. The van der Waals surface area contributed by atoms with Gasteiger partial charge in [-0.3, -0.25) is 9.59 Å². The fourth-order valence-electron chi connectivity index (χ4n) is 3.95. The number of aryl methyl sites for hydroxylation is 3. The van der Waals surface area contributed by atoms with Crippen LogP contribution in [-0.4, -0.2) is 31.9 Å². The molecule has 2 aromatic carbocycles. The van der Waals surface area contributed by atoms with Gasteiger partial charge in [-0.05, 0) is 30.2 Å². The van der Waals surface area contributed by atoms with Crippen molar-refractivity contribution in [3.05, 3.63) is 93.7 Å². The number of carbonyl (C=O) groups excluding carboxylic acids is 1. The molecule has 0 aliphatic carbocycles. The van der Waals surface area contributed by atoms with Gasteiger partial charge in [0.15, 0.2) is 5.89 Å². The molecule has 7 heteroatoms. The summed E-state index contributed by atoms with van der Waals surface area (Å²) in [5.74, 6) is 1.49. The predicted molar refractivity (Wildman–Crippen MR) is 116 cm³/mol. The summed E-state index contributed by atoms with van der Waals surface area (Å²) in [5.41, 5.74) is 2.99. The van der Waals surface area contributed by atoms with Crippen molar-refractivity contribution in [2.45, 2.75) is 25.8 Å². The maximum atomic E-state index is 13.1. The fourth-order valence-corrected chi connectivity index (χ4v) is 3.95. The lowest BCUT2D eigenvalue weighted by Crippen LogP contribution is -2.35. The van der Waals surface area contributed by atoms with Crippen LogP contribution in [0.3, 0.4) is 0 Å². The average Bonchev–Trinajstić information content (AvgIpc) is 3.22. The second-order valence-corrected chi connectivity index (χ2v) is 7.83. The van der Waals surface area contributed by atoms with Crippen molar-refractivity contribution in [2.75, 3.05) is 6.54 Å². The van der Waals surface area contributed by atoms with Gasteiger partial charge in [0, 0.05) is 32.0 Å². The minimum Gasteiger partial charge on any atom is -0.445 e. The van der Waals surface area contributed by atoms with Crippen LogP contribution in [0.1, 0.15) is 33.3 Å². The molecule has 3 heterocycles. The van der Waals surface area contributed by atoms with E-state index >= 15 is 0 Å². The van der Waals surface area contributed by atoms with E-state index < -0.39 is 0 Å². The third-order valence-electron chi connectivity index (χ3n) is 5.69. The number of hydrogen-bond acceptors (Lipinski definition) is 5. The lowest BCUT2D eigenvalue weighted by Gasteiger charge is -2.25. The first-order valence-electron chi connectivity index (χ1n) is 10.3. The van der Waals surface area contributed by atoms with Crippen molar-refractivity contribution in [1.82, 2.24) is 19.4 Å². The largest absolute Gasteiger partial charge is 0.445 e. The number of carbonyl (C=O) groups is 1. The summed E-state index contributed by atoms with van der Waals surface area (Å²) < 4.78 is 7.37. The zero-order valence-electron chi connectivity index (χ0n) is 17.2. The van der Waals surface area contributed by atoms with Gasteiger partial charge in [-0.1, -0.05) is 30.3 Å². The van der Waals surface area contributed by atoms with Crippen molar-refractivity contribution < 1.29 is 9.21 Å². The van der Waals surface area contributed by atoms with Crippen molar-refractivity contribution in [3.8, 4) is 0 Å². The van der Waals surface area contributed by atoms with E-state index in [9.17, 15) is 9.59 Å². The second kappa shape index (κ2) is 7.83. The number of fused-ring (bicyclic) bond motifs is 2. The van der Waals surface area contributed by atoms with E-state index in [1.807, 2.05) is 18.2 Å². The lowest BCUT2D eigenvalue weighted by molar-refractivity contribution is 0.0728. The number of hydrogen-bond donors (Lipinski definition) is 0. The Labute approximate surface area is 179 Å². The second-order valence-electron chi connectivity index (χ2n) is 7.83. The molecule has 0 bridgehead atoms. The molecule has 0 unspecified atom stereocenters. The Morgan fingerprint density at radius 3 is 2.81 bits per heavy atom. The first-order valence-corrected chi connectivity index (χ1v) is 10.3. The quantitative estimate of drug-likeness (QED) is 0.513. The van der Waals surface area contributed by atoms with Gasteiger partial charge in [0.2, 0.25) is 0 Å². The summed E-state index contributed by atoms with van der Waals surface area (Å²) in [7, 11) is 1.66.